The Morgan fingerprint density at radius 2 is 1.77 bits per heavy atom. The number of benzene rings is 1. The van der Waals surface area contributed by atoms with Crippen LogP contribution >= 0.6 is 0 Å². The number of carbonyl (C=O) groups excluding carboxylic acids is 3. The molecule has 0 radical (unpaired) electrons. The van der Waals surface area contributed by atoms with Crippen molar-refractivity contribution in [1.82, 2.24) is 10.2 Å². The number of rotatable bonds is 9. The summed E-state index contributed by atoms with van der Waals surface area (Å²) in [5.74, 6) is -0.417. The van der Waals surface area contributed by atoms with Crippen LogP contribution in [0.3, 0.4) is 0 Å². The van der Waals surface area contributed by atoms with Crippen LogP contribution in [-0.4, -0.2) is 56.1 Å². The molecule has 1 N–H and O–H groups in total. The zero-order chi connectivity index (χ0) is 21.5. The molecule has 8 nitrogen and oxygen atoms in total. The van der Waals surface area contributed by atoms with Crippen molar-refractivity contribution in [2.45, 2.75) is 44.6 Å². The molecule has 1 aromatic rings. The lowest BCUT2D eigenvalue weighted by molar-refractivity contribution is -0.150. The van der Waals surface area contributed by atoms with Crippen molar-refractivity contribution >= 4 is 17.8 Å². The van der Waals surface area contributed by atoms with E-state index in [1.807, 2.05) is 0 Å². The van der Waals surface area contributed by atoms with Crippen molar-refractivity contribution in [2.75, 3.05) is 27.4 Å². The molecule has 0 aliphatic heterocycles. The minimum Gasteiger partial charge on any atom is -0.497 e. The van der Waals surface area contributed by atoms with Crippen LogP contribution in [0.25, 0.3) is 0 Å². The lowest BCUT2D eigenvalue weighted by Crippen LogP contribution is -2.38. The van der Waals surface area contributed by atoms with Gasteiger partial charge in [0.25, 0.3) is 11.8 Å². The molecule has 1 aromatic carbocycles. The maximum atomic E-state index is 12.6. The average molecular weight is 416 g/mol. The maximum absolute atomic E-state index is 12.6. The first-order chi connectivity index (χ1) is 14.5. The van der Waals surface area contributed by atoms with Crippen LogP contribution in [0.15, 0.2) is 30.0 Å². The molecule has 1 saturated carbocycles. The zero-order valence-electron chi connectivity index (χ0n) is 17.4. The summed E-state index contributed by atoms with van der Waals surface area (Å²) >= 11 is 0. The molecule has 0 bridgehead atoms. The van der Waals surface area contributed by atoms with Gasteiger partial charge in [0, 0.05) is 23.4 Å². The molecule has 30 heavy (non-hydrogen) atoms. The summed E-state index contributed by atoms with van der Waals surface area (Å²) in [6.45, 7) is -0.659. The van der Waals surface area contributed by atoms with Gasteiger partial charge in [-0.3, -0.25) is 14.4 Å². The molecule has 8 heteroatoms. The van der Waals surface area contributed by atoms with Crippen LogP contribution in [0.5, 0.6) is 11.5 Å². The summed E-state index contributed by atoms with van der Waals surface area (Å²) in [4.78, 5) is 38.8. The van der Waals surface area contributed by atoms with Crippen molar-refractivity contribution in [1.29, 1.82) is 0 Å². The van der Waals surface area contributed by atoms with Gasteiger partial charge in [0.15, 0.2) is 6.61 Å². The summed E-state index contributed by atoms with van der Waals surface area (Å²) in [6.07, 6.45) is 8.16. The number of carbonyl (C=O) groups is 3. The van der Waals surface area contributed by atoms with Crippen LogP contribution in [0.4, 0.5) is 0 Å². The van der Waals surface area contributed by atoms with Crippen molar-refractivity contribution in [2.24, 2.45) is 0 Å². The van der Waals surface area contributed by atoms with E-state index in [-0.39, 0.29) is 25.1 Å². The number of allylic oxidation sites excluding steroid dienone is 2. The number of nitrogens with one attached hydrogen (secondary N) is 1. The highest BCUT2D eigenvalue weighted by molar-refractivity contribution is 5.96. The van der Waals surface area contributed by atoms with E-state index in [2.05, 4.69) is 11.4 Å². The molecule has 2 aliphatic rings. The Hall–Kier alpha value is -3.03. The third-order valence-electron chi connectivity index (χ3n) is 5.12. The topological polar surface area (TPSA) is 94.2 Å². The van der Waals surface area contributed by atoms with Crippen LogP contribution < -0.4 is 14.8 Å². The number of amides is 2. The molecular weight excluding hydrogens is 388 g/mol. The Morgan fingerprint density at radius 1 is 1.07 bits per heavy atom. The van der Waals surface area contributed by atoms with Crippen LogP contribution in [0, 0.1) is 0 Å². The predicted molar refractivity (Wildman–Crippen MR) is 109 cm³/mol. The Bertz CT molecular complexity index is 809. The van der Waals surface area contributed by atoms with Gasteiger partial charge in [-0.2, -0.15) is 0 Å². The molecule has 0 heterocycles. The number of hydrogen-bond acceptors (Lipinski definition) is 6. The highest BCUT2D eigenvalue weighted by Gasteiger charge is 2.35. The van der Waals surface area contributed by atoms with E-state index in [9.17, 15) is 14.4 Å². The van der Waals surface area contributed by atoms with Gasteiger partial charge in [-0.05, 0) is 50.7 Å². The second-order valence-corrected chi connectivity index (χ2v) is 7.38. The van der Waals surface area contributed by atoms with Gasteiger partial charge in [0.05, 0.1) is 14.2 Å². The Balaban J connectivity index is 1.49. The van der Waals surface area contributed by atoms with Crippen molar-refractivity contribution in [3.05, 3.63) is 35.5 Å². The van der Waals surface area contributed by atoms with Crippen molar-refractivity contribution < 1.29 is 28.6 Å². The molecule has 0 spiro atoms. The molecule has 0 atom stereocenters. The first kappa shape index (κ1) is 21.7. The van der Waals surface area contributed by atoms with Gasteiger partial charge in [-0.15, -0.1) is 0 Å². The lowest BCUT2D eigenvalue weighted by atomic mass is 10.0. The molecular formula is C22H28N2O6. The molecule has 1 fully saturated rings. The van der Waals surface area contributed by atoms with E-state index in [0.29, 0.717) is 17.1 Å². The SMILES string of the molecule is COc1cc(OC)cc(C(=O)NCC(=O)OCC(=O)N(C2=CCCCC2)C2CC2)c1. The molecule has 2 aliphatic carbocycles. The third kappa shape index (κ3) is 5.75. The van der Waals surface area contributed by atoms with E-state index in [1.54, 1.807) is 11.0 Å². The number of ether oxygens (including phenoxy) is 3. The van der Waals surface area contributed by atoms with Crippen molar-refractivity contribution in [3.8, 4) is 11.5 Å². The van der Waals surface area contributed by atoms with Gasteiger partial charge >= 0.3 is 5.97 Å². The summed E-state index contributed by atoms with van der Waals surface area (Å²) in [5.41, 5.74) is 1.34. The minimum absolute atomic E-state index is 0.206. The monoisotopic (exact) mass is 416 g/mol. The quantitative estimate of drug-likeness (QED) is 0.622. The van der Waals surface area contributed by atoms with E-state index in [0.717, 1.165) is 44.2 Å². The molecule has 2 amide bonds. The number of esters is 1. The predicted octanol–water partition coefficient (Wildman–Crippen LogP) is 2.43. The number of nitrogens with zero attached hydrogens (tertiary/aromatic N) is 1. The van der Waals surface area contributed by atoms with Crippen LogP contribution in [-0.2, 0) is 14.3 Å². The summed E-state index contributed by atoms with van der Waals surface area (Å²) in [6, 6.07) is 4.95. The fourth-order valence-corrected chi connectivity index (χ4v) is 3.43. The maximum Gasteiger partial charge on any atom is 0.325 e. The highest BCUT2D eigenvalue weighted by Crippen LogP contribution is 2.33. The lowest BCUT2D eigenvalue weighted by Gasteiger charge is -2.27. The molecule has 162 valence electrons. The summed E-state index contributed by atoms with van der Waals surface area (Å²) in [5, 5.41) is 2.49. The molecule has 0 saturated heterocycles. The Labute approximate surface area is 176 Å². The van der Waals surface area contributed by atoms with Gasteiger partial charge in [-0.25, -0.2) is 0 Å². The van der Waals surface area contributed by atoms with Crippen LogP contribution in [0.1, 0.15) is 48.9 Å². The third-order valence-corrected chi connectivity index (χ3v) is 5.12. The molecule has 0 aromatic heterocycles. The minimum atomic E-state index is -0.667. The number of hydrogen-bond donors (Lipinski definition) is 1. The van der Waals surface area contributed by atoms with E-state index >= 15 is 0 Å². The zero-order valence-corrected chi connectivity index (χ0v) is 17.4. The van der Waals surface area contributed by atoms with Gasteiger partial charge in [0.2, 0.25) is 0 Å². The van der Waals surface area contributed by atoms with Crippen LogP contribution in [0.2, 0.25) is 0 Å². The van der Waals surface area contributed by atoms with E-state index in [1.165, 1.54) is 26.4 Å². The van der Waals surface area contributed by atoms with E-state index < -0.39 is 11.9 Å². The van der Waals surface area contributed by atoms with Gasteiger partial charge in [0.1, 0.15) is 18.0 Å². The van der Waals surface area contributed by atoms with E-state index in [4.69, 9.17) is 14.2 Å². The first-order valence-corrected chi connectivity index (χ1v) is 10.2. The Kier molecular flexibility index (Phi) is 7.32. The van der Waals surface area contributed by atoms with Gasteiger partial charge < -0.3 is 24.4 Å². The fourth-order valence-electron chi connectivity index (χ4n) is 3.43. The fraction of sp³-hybridized carbons (Fsp3) is 0.500. The standard InChI is InChI=1S/C22H28N2O6/c1-28-18-10-15(11-19(12-18)29-2)22(27)23-13-21(26)30-14-20(25)24(17-8-9-17)16-6-4-3-5-7-16/h6,10-12,17H,3-5,7-9,13-14H2,1-2H3,(H,23,27). The second kappa shape index (κ2) is 10.1. The molecule has 3 rings (SSSR count). The average Bonchev–Trinajstić information content (AvgIpc) is 3.61. The van der Waals surface area contributed by atoms with Crippen molar-refractivity contribution in [3.63, 3.8) is 0 Å². The number of methoxy groups -OCH3 is 2. The normalized spacial score (nSPS) is 15.6. The first-order valence-electron chi connectivity index (χ1n) is 10.2. The summed E-state index contributed by atoms with van der Waals surface area (Å²) < 4.78 is 15.4. The highest BCUT2D eigenvalue weighted by atomic mass is 16.5. The smallest absolute Gasteiger partial charge is 0.325 e. The van der Waals surface area contributed by atoms with Gasteiger partial charge in [-0.1, -0.05) is 6.08 Å². The molecule has 0 unspecified atom stereocenters. The summed E-state index contributed by atoms with van der Waals surface area (Å²) in [7, 11) is 2.97. The Morgan fingerprint density at radius 3 is 2.33 bits per heavy atom. The second-order valence-electron chi connectivity index (χ2n) is 7.38. The largest absolute Gasteiger partial charge is 0.497 e.